The Kier molecular flexibility index (Phi) is 4.44. The van der Waals surface area contributed by atoms with E-state index in [1.807, 2.05) is 39.0 Å². The highest BCUT2D eigenvalue weighted by atomic mass is 35.5. The number of hydrogen-bond acceptors (Lipinski definition) is 3. The Balaban J connectivity index is 2.77. The SMILES string of the molecule is Cc1ccc(C)c(C(C)c2ccc(Cl)n([O-])c2=S(=O)=O)c1. The van der Waals surface area contributed by atoms with Crippen LogP contribution in [-0.4, -0.2) is 13.1 Å². The van der Waals surface area contributed by atoms with Crippen LogP contribution < -0.4 is 0 Å². The maximum atomic E-state index is 11.9. The van der Waals surface area contributed by atoms with E-state index in [2.05, 4.69) is 0 Å². The molecule has 0 N–H and O–H groups in total. The number of rotatable bonds is 2. The van der Waals surface area contributed by atoms with E-state index < -0.39 is 10.3 Å². The molecular formula is C15H15ClNO3S-. The second-order valence-electron chi connectivity index (χ2n) is 5.03. The number of aromatic nitrogens is 1. The summed E-state index contributed by atoms with van der Waals surface area (Å²) in [6.45, 7) is 5.81. The minimum Gasteiger partial charge on any atom is -0.804 e. The lowest BCUT2D eigenvalue weighted by atomic mass is 9.90. The second-order valence-corrected chi connectivity index (χ2v) is 6.27. The number of pyridine rings is 1. The first-order valence-corrected chi connectivity index (χ1v) is 7.86. The van der Waals surface area contributed by atoms with Gasteiger partial charge in [-0.05, 0) is 36.6 Å². The van der Waals surface area contributed by atoms with Crippen molar-refractivity contribution in [3.8, 4) is 0 Å². The van der Waals surface area contributed by atoms with E-state index in [9.17, 15) is 13.6 Å². The molecule has 0 bridgehead atoms. The van der Waals surface area contributed by atoms with E-state index in [-0.39, 0.29) is 20.4 Å². The molecule has 0 saturated heterocycles. The third-order valence-corrected chi connectivity index (χ3v) is 4.55. The number of hydrogen-bond donors (Lipinski definition) is 0. The lowest BCUT2D eigenvalue weighted by Gasteiger charge is -2.20. The quantitative estimate of drug-likeness (QED) is 0.625. The molecule has 2 aromatic rings. The molecular weight excluding hydrogens is 310 g/mol. The molecule has 0 radical (unpaired) electrons. The Morgan fingerprint density at radius 3 is 2.43 bits per heavy atom. The molecule has 0 aliphatic heterocycles. The van der Waals surface area contributed by atoms with Gasteiger partial charge in [0.1, 0.15) is 5.15 Å². The van der Waals surface area contributed by atoms with Gasteiger partial charge < -0.3 is 9.94 Å². The molecule has 0 amide bonds. The molecule has 21 heavy (non-hydrogen) atoms. The van der Waals surface area contributed by atoms with Crippen LogP contribution in [0.1, 0.15) is 35.1 Å². The van der Waals surface area contributed by atoms with Crippen LogP contribution in [0.4, 0.5) is 0 Å². The Labute approximate surface area is 129 Å². The lowest BCUT2D eigenvalue weighted by molar-refractivity contribution is 0.622. The van der Waals surface area contributed by atoms with Gasteiger partial charge in [0.2, 0.25) is 10.3 Å². The van der Waals surface area contributed by atoms with Crippen LogP contribution in [0.3, 0.4) is 0 Å². The van der Waals surface area contributed by atoms with Crippen LogP contribution in [0.15, 0.2) is 30.3 Å². The van der Waals surface area contributed by atoms with Crippen molar-refractivity contribution in [2.75, 3.05) is 0 Å². The molecule has 0 spiro atoms. The highest BCUT2D eigenvalue weighted by Crippen LogP contribution is 2.29. The summed E-state index contributed by atoms with van der Waals surface area (Å²) >= 11 is 5.71. The highest BCUT2D eigenvalue weighted by molar-refractivity contribution is 7.63. The second kappa shape index (κ2) is 5.95. The summed E-state index contributed by atoms with van der Waals surface area (Å²) in [5.74, 6) is -0.227. The van der Waals surface area contributed by atoms with Gasteiger partial charge in [-0.2, -0.15) is 8.42 Å². The number of halogens is 1. The molecule has 0 aliphatic carbocycles. The first-order chi connectivity index (χ1) is 9.82. The summed E-state index contributed by atoms with van der Waals surface area (Å²) in [5, 5.41) is 11.7. The molecule has 1 aromatic carbocycles. The topological polar surface area (TPSA) is 62.1 Å². The Morgan fingerprint density at radius 1 is 1.14 bits per heavy atom. The molecule has 4 nitrogen and oxygen atoms in total. The zero-order valence-corrected chi connectivity index (χ0v) is 13.5. The summed E-state index contributed by atoms with van der Waals surface area (Å²) in [5.41, 5.74) is 3.56. The monoisotopic (exact) mass is 324 g/mol. The molecule has 1 atom stereocenters. The van der Waals surface area contributed by atoms with E-state index in [4.69, 9.17) is 11.6 Å². The van der Waals surface area contributed by atoms with Gasteiger partial charge in [0.05, 0.1) is 0 Å². The third kappa shape index (κ3) is 2.99. The average Bonchev–Trinajstić information content (AvgIpc) is 2.43. The number of benzene rings is 1. The van der Waals surface area contributed by atoms with Gasteiger partial charge in [-0.3, -0.25) is 0 Å². The van der Waals surface area contributed by atoms with Crippen molar-refractivity contribution in [3.05, 3.63) is 67.6 Å². The first kappa shape index (κ1) is 15.7. The van der Waals surface area contributed by atoms with Crippen molar-refractivity contribution in [2.45, 2.75) is 26.7 Å². The standard InChI is InChI=1S/C15H15ClNO3S/c1-9-4-5-10(2)13(8-9)11(3)12-6-7-14(16)17(18)15(12)21(19)20/h4-8,11H,1-3H3/q-1. The maximum Gasteiger partial charge on any atom is 0.238 e. The van der Waals surface area contributed by atoms with Gasteiger partial charge in [-0.1, -0.05) is 48.4 Å². The lowest BCUT2D eigenvalue weighted by Crippen LogP contribution is -2.06. The first-order valence-electron chi connectivity index (χ1n) is 6.41. The van der Waals surface area contributed by atoms with Gasteiger partial charge >= 0.3 is 0 Å². The minimum absolute atomic E-state index is 0.161. The van der Waals surface area contributed by atoms with Crippen molar-refractivity contribution in [2.24, 2.45) is 0 Å². The summed E-state index contributed by atoms with van der Waals surface area (Å²) in [6, 6.07) is 8.99. The zero-order chi connectivity index (χ0) is 15.7. The Morgan fingerprint density at radius 2 is 1.81 bits per heavy atom. The minimum atomic E-state index is -2.65. The summed E-state index contributed by atoms with van der Waals surface area (Å²) < 4.78 is 22.7. The van der Waals surface area contributed by atoms with Gasteiger partial charge in [-0.25, -0.2) is 0 Å². The summed E-state index contributed by atoms with van der Waals surface area (Å²) in [6.07, 6.45) is 0. The Hall–Kier alpha value is -1.72. The summed E-state index contributed by atoms with van der Waals surface area (Å²) in [7, 11) is -2.65. The van der Waals surface area contributed by atoms with E-state index >= 15 is 0 Å². The predicted octanol–water partition coefficient (Wildman–Crippen LogP) is 3.67. The van der Waals surface area contributed by atoms with E-state index in [0.717, 1.165) is 16.7 Å². The number of nitrogens with zero attached hydrogens (tertiary/aromatic N) is 1. The molecule has 0 saturated carbocycles. The third-order valence-electron chi connectivity index (χ3n) is 3.55. The molecule has 2 rings (SSSR count). The molecule has 1 heterocycles. The van der Waals surface area contributed by atoms with Crippen molar-refractivity contribution in [1.82, 2.24) is 4.73 Å². The van der Waals surface area contributed by atoms with E-state index in [0.29, 0.717) is 5.56 Å². The smallest absolute Gasteiger partial charge is 0.238 e. The fourth-order valence-electron chi connectivity index (χ4n) is 2.40. The molecule has 6 heteroatoms. The predicted molar refractivity (Wildman–Crippen MR) is 83.8 cm³/mol. The molecule has 1 unspecified atom stereocenters. The molecule has 112 valence electrons. The number of aryl methyl sites for hydroxylation is 2. The molecule has 1 aromatic heterocycles. The van der Waals surface area contributed by atoms with Gasteiger partial charge in [0, 0.05) is 5.92 Å². The van der Waals surface area contributed by atoms with Crippen LogP contribution >= 0.6 is 11.6 Å². The van der Waals surface area contributed by atoms with Gasteiger partial charge in [-0.15, -0.1) is 0 Å². The molecule has 0 aliphatic rings. The van der Waals surface area contributed by atoms with Gasteiger partial charge in [0.15, 0.2) is 4.64 Å². The van der Waals surface area contributed by atoms with Gasteiger partial charge in [0.25, 0.3) is 0 Å². The van der Waals surface area contributed by atoms with Crippen molar-refractivity contribution < 1.29 is 8.42 Å². The molecule has 0 fully saturated rings. The van der Waals surface area contributed by atoms with Crippen molar-refractivity contribution >= 4 is 21.9 Å². The Bertz CT molecular complexity index is 861. The fourth-order valence-corrected chi connectivity index (χ4v) is 3.27. The van der Waals surface area contributed by atoms with Crippen molar-refractivity contribution in [3.63, 3.8) is 0 Å². The van der Waals surface area contributed by atoms with Crippen LogP contribution in [-0.2, 0) is 10.3 Å². The van der Waals surface area contributed by atoms with Crippen LogP contribution in [0.2, 0.25) is 5.15 Å². The van der Waals surface area contributed by atoms with E-state index in [1.54, 1.807) is 6.07 Å². The zero-order valence-electron chi connectivity index (χ0n) is 11.9. The maximum absolute atomic E-state index is 11.9. The van der Waals surface area contributed by atoms with Crippen LogP contribution in [0, 0.1) is 23.7 Å². The highest BCUT2D eigenvalue weighted by Gasteiger charge is 2.15. The average molecular weight is 325 g/mol. The summed E-state index contributed by atoms with van der Waals surface area (Å²) in [4.78, 5) is 0. The van der Waals surface area contributed by atoms with Crippen LogP contribution in [0.25, 0.3) is 0 Å². The largest absolute Gasteiger partial charge is 0.804 e. The van der Waals surface area contributed by atoms with E-state index in [1.165, 1.54) is 6.07 Å². The fraction of sp³-hybridized carbons (Fsp3) is 0.267. The normalized spacial score (nSPS) is 12.2. The van der Waals surface area contributed by atoms with Crippen LogP contribution in [0.5, 0.6) is 0 Å². The van der Waals surface area contributed by atoms with Crippen molar-refractivity contribution in [1.29, 1.82) is 0 Å².